The van der Waals surface area contributed by atoms with Crippen LogP contribution in [0, 0.1) is 0 Å². The van der Waals surface area contributed by atoms with E-state index in [0.717, 1.165) is 29.6 Å². The molecule has 6 nitrogen and oxygen atoms in total. The van der Waals surface area contributed by atoms with Gasteiger partial charge in [0.2, 0.25) is 10.0 Å². The van der Waals surface area contributed by atoms with Crippen LogP contribution in [0.1, 0.15) is 38.3 Å². The van der Waals surface area contributed by atoms with Crippen molar-refractivity contribution in [3.8, 4) is 0 Å². The summed E-state index contributed by atoms with van der Waals surface area (Å²) < 4.78 is 26.3. The van der Waals surface area contributed by atoms with Gasteiger partial charge in [0.25, 0.3) is 0 Å². The van der Waals surface area contributed by atoms with Crippen LogP contribution in [0.25, 0.3) is 11.0 Å². The lowest BCUT2D eigenvalue weighted by atomic mass is 9.95. The maximum atomic E-state index is 12.3. The van der Waals surface area contributed by atoms with Crippen LogP contribution in [-0.2, 0) is 10.0 Å². The Hall–Kier alpha value is -1.47. The molecule has 1 aliphatic heterocycles. The zero-order valence-corrected chi connectivity index (χ0v) is 13.1. The molecule has 0 aliphatic carbocycles. The van der Waals surface area contributed by atoms with E-state index in [2.05, 4.69) is 15.2 Å². The Kier molecular flexibility index (Phi) is 3.71. The largest absolute Gasteiger partial charge is 0.261 e. The van der Waals surface area contributed by atoms with E-state index in [1.165, 1.54) is 0 Å². The van der Waals surface area contributed by atoms with Crippen molar-refractivity contribution in [2.45, 2.75) is 37.9 Å². The summed E-state index contributed by atoms with van der Waals surface area (Å²) in [5.41, 5.74) is 1.70. The minimum Gasteiger partial charge on any atom is -0.261 e. The number of pyridine rings is 1. The van der Waals surface area contributed by atoms with Crippen molar-refractivity contribution >= 4 is 21.1 Å². The molecule has 1 N–H and O–H groups in total. The molecule has 1 aliphatic rings. The lowest BCUT2D eigenvalue weighted by molar-refractivity contribution is 0.310. The molecule has 7 heteroatoms. The summed E-state index contributed by atoms with van der Waals surface area (Å²) in [4.78, 5) is 4.58. The Balaban J connectivity index is 1.85. The summed E-state index contributed by atoms with van der Waals surface area (Å²) in [6.45, 7) is 4.60. The normalized spacial score (nSPS) is 21.2. The predicted octanol–water partition coefficient (Wildman–Crippen LogP) is 1.88. The van der Waals surface area contributed by atoms with E-state index < -0.39 is 10.0 Å². The quantitative estimate of drug-likeness (QED) is 0.939. The molecule has 1 saturated heterocycles. The molecule has 1 atom stereocenters. The molecule has 0 amide bonds. The van der Waals surface area contributed by atoms with Crippen molar-refractivity contribution in [3.63, 3.8) is 0 Å². The van der Waals surface area contributed by atoms with E-state index in [1.807, 2.05) is 12.1 Å². The number of fused-ring (bicyclic) bond motifs is 1. The number of rotatable bonds is 3. The lowest BCUT2D eigenvalue weighted by Gasteiger charge is -2.32. The predicted molar refractivity (Wildman–Crippen MR) is 81.5 cm³/mol. The maximum absolute atomic E-state index is 12.3. The number of H-pyrrole nitrogens is 1. The van der Waals surface area contributed by atoms with Crippen LogP contribution in [0.2, 0.25) is 0 Å². The molecule has 0 radical (unpaired) electrons. The highest BCUT2D eigenvalue weighted by molar-refractivity contribution is 7.89. The second-order valence-corrected chi connectivity index (χ2v) is 8.32. The topological polar surface area (TPSA) is 79.0 Å². The first kappa shape index (κ1) is 14.5. The minimum absolute atomic E-state index is 0.153. The van der Waals surface area contributed by atoms with Crippen molar-refractivity contribution in [1.29, 1.82) is 0 Å². The number of sulfonamides is 1. The van der Waals surface area contributed by atoms with Gasteiger partial charge in [0, 0.05) is 30.1 Å². The smallest absolute Gasteiger partial charge is 0.216 e. The number of hydrogen-bond donors (Lipinski definition) is 1. The molecule has 0 unspecified atom stereocenters. The molecule has 0 bridgehead atoms. The van der Waals surface area contributed by atoms with Gasteiger partial charge in [-0.15, -0.1) is 0 Å². The van der Waals surface area contributed by atoms with Crippen LogP contribution >= 0.6 is 0 Å². The number of aromatic amines is 1. The van der Waals surface area contributed by atoms with Gasteiger partial charge in [-0.25, -0.2) is 17.7 Å². The highest BCUT2D eigenvalue weighted by atomic mass is 32.2. The van der Waals surface area contributed by atoms with Gasteiger partial charge in [-0.3, -0.25) is 5.10 Å². The van der Waals surface area contributed by atoms with Crippen molar-refractivity contribution in [1.82, 2.24) is 19.5 Å². The van der Waals surface area contributed by atoms with Gasteiger partial charge in [-0.2, -0.15) is 5.10 Å². The summed E-state index contributed by atoms with van der Waals surface area (Å²) in [5, 5.41) is 7.43. The van der Waals surface area contributed by atoms with Gasteiger partial charge in [-0.1, -0.05) is 0 Å². The number of nitrogens with one attached hydrogen (secondary N) is 1. The third-order valence-electron chi connectivity index (χ3n) is 4.08. The highest BCUT2D eigenvalue weighted by Crippen LogP contribution is 2.29. The highest BCUT2D eigenvalue weighted by Gasteiger charge is 2.32. The Labute approximate surface area is 124 Å². The summed E-state index contributed by atoms with van der Waals surface area (Å²) in [7, 11) is -3.19. The van der Waals surface area contributed by atoms with E-state index in [0.29, 0.717) is 13.1 Å². The molecule has 2 aromatic rings. The van der Waals surface area contributed by atoms with Gasteiger partial charge in [0.05, 0.1) is 11.4 Å². The van der Waals surface area contributed by atoms with Gasteiger partial charge >= 0.3 is 0 Å². The Morgan fingerprint density at radius 2 is 2.19 bits per heavy atom. The Bertz CT molecular complexity index is 738. The zero-order chi connectivity index (χ0) is 15.0. The molecule has 0 aromatic carbocycles. The molecular weight excluding hydrogens is 288 g/mol. The zero-order valence-electron chi connectivity index (χ0n) is 12.3. The number of aromatic nitrogens is 3. The average Bonchev–Trinajstić information content (AvgIpc) is 2.94. The van der Waals surface area contributed by atoms with E-state index >= 15 is 0 Å². The molecule has 114 valence electrons. The maximum Gasteiger partial charge on any atom is 0.216 e. The molecule has 3 rings (SSSR count). The van der Waals surface area contributed by atoms with Crippen LogP contribution in [0.15, 0.2) is 18.3 Å². The van der Waals surface area contributed by atoms with Gasteiger partial charge < -0.3 is 0 Å². The fraction of sp³-hybridized carbons (Fsp3) is 0.571. The van der Waals surface area contributed by atoms with E-state index in [4.69, 9.17) is 0 Å². The van der Waals surface area contributed by atoms with Gasteiger partial charge in [0.1, 0.15) is 0 Å². The number of piperidine rings is 1. The summed E-state index contributed by atoms with van der Waals surface area (Å²) in [5.74, 6) is 0.153. The molecule has 1 fully saturated rings. The third kappa shape index (κ3) is 2.67. The van der Waals surface area contributed by atoms with Crippen LogP contribution in [-0.4, -0.2) is 46.2 Å². The lowest BCUT2D eigenvalue weighted by Crippen LogP contribution is -2.42. The van der Waals surface area contributed by atoms with Crippen molar-refractivity contribution < 1.29 is 8.42 Å². The van der Waals surface area contributed by atoms with Gasteiger partial charge in [0.15, 0.2) is 5.65 Å². The van der Waals surface area contributed by atoms with Crippen molar-refractivity contribution in [2.75, 3.05) is 13.1 Å². The number of nitrogens with zero attached hydrogens (tertiary/aromatic N) is 3. The second-order valence-electron chi connectivity index (χ2n) is 5.83. The minimum atomic E-state index is -3.19. The molecular formula is C14H20N4O2S. The fourth-order valence-corrected chi connectivity index (χ4v) is 4.15. The first-order valence-corrected chi connectivity index (χ1v) is 8.78. The molecule has 21 heavy (non-hydrogen) atoms. The van der Waals surface area contributed by atoms with E-state index in [1.54, 1.807) is 24.3 Å². The Morgan fingerprint density at radius 1 is 1.38 bits per heavy atom. The number of hydrogen-bond acceptors (Lipinski definition) is 4. The molecule has 3 heterocycles. The first-order valence-electron chi connectivity index (χ1n) is 7.27. The van der Waals surface area contributed by atoms with Crippen molar-refractivity contribution in [2.24, 2.45) is 0 Å². The monoisotopic (exact) mass is 308 g/mol. The average molecular weight is 308 g/mol. The van der Waals surface area contributed by atoms with Crippen LogP contribution in [0.3, 0.4) is 0 Å². The van der Waals surface area contributed by atoms with Crippen LogP contribution in [0.4, 0.5) is 0 Å². The van der Waals surface area contributed by atoms with E-state index in [-0.39, 0.29) is 11.2 Å². The second kappa shape index (κ2) is 5.38. The summed E-state index contributed by atoms with van der Waals surface area (Å²) >= 11 is 0. The molecule has 0 saturated carbocycles. The molecule has 0 spiro atoms. The van der Waals surface area contributed by atoms with E-state index in [9.17, 15) is 8.42 Å². The van der Waals surface area contributed by atoms with Gasteiger partial charge in [-0.05, 0) is 38.8 Å². The SMILES string of the molecule is CC(C)S(=O)(=O)N1CCC[C@@H](c2ccc3cn[nH]c3n2)C1. The van der Waals surface area contributed by atoms with Crippen LogP contribution in [0.5, 0.6) is 0 Å². The van der Waals surface area contributed by atoms with Crippen molar-refractivity contribution in [3.05, 3.63) is 24.0 Å². The van der Waals surface area contributed by atoms with Crippen LogP contribution < -0.4 is 0 Å². The molecule has 2 aromatic heterocycles. The first-order chi connectivity index (χ1) is 9.98. The third-order valence-corrected chi connectivity index (χ3v) is 6.32. The fourth-order valence-electron chi connectivity index (χ4n) is 2.78. The summed E-state index contributed by atoms with van der Waals surface area (Å²) in [6.07, 6.45) is 3.58. The Morgan fingerprint density at radius 3 is 2.95 bits per heavy atom. The standard InChI is InChI=1S/C14H20N4O2S/c1-10(2)21(19,20)18-7-3-4-12(9-18)13-6-5-11-8-15-17-14(11)16-13/h5-6,8,10,12H,3-4,7,9H2,1-2H3,(H,15,16,17)/t12-/m1/s1. The summed E-state index contributed by atoms with van der Waals surface area (Å²) in [6, 6.07) is 3.96.